The van der Waals surface area contributed by atoms with E-state index in [1.807, 2.05) is 38.1 Å². The molecule has 0 fully saturated rings. The van der Waals surface area contributed by atoms with Crippen LogP contribution in [0.5, 0.6) is 5.75 Å². The first-order valence-electron chi connectivity index (χ1n) is 6.32. The van der Waals surface area contributed by atoms with Crippen molar-refractivity contribution in [3.63, 3.8) is 0 Å². The molecule has 1 unspecified atom stereocenters. The summed E-state index contributed by atoms with van der Waals surface area (Å²) >= 11 is 0. The Bertz CT molecular complexity index is 389. The Morgan fingerprint density at radius 3 is 2.39 bits per heavy atom. The van der Waals surface area contributed by atoms with E-state index in [1.54, 1.807) is 6.92 Å². The summed E-state index contributed by atoms with van der Waals surface area (Å²) in [5, 5.41) is 3.20. The summed E-state index contributed by atoms with van der Waals surface area (Å²) in [4.78, 5) is 11.7. The standard InChI is InChI=1S/C14H22N2O2/c1-4-10-16-14(3,13(15)17)11-6-8-12(9-7-11)18-5-2/h6-9,16H,4-5,10H2,1-3H3,(H2,15,17). The van der Waals surface area contributed by atoms with Crippen molar-refractivity contribution >= 4 is 5.91 Å². The molecular formula is C14H22N2O2. The Morgan fingerprint density at radius 1 is 1.33 bits per heavy atom. The fourth-order valence-electron chi connectivity index (χ4n) is 1.76. The molecule has 0 aliphatic rings. The van der Waals surface area contributed by atoms with Crippen LogP contribution >= 0.6 is 0 Å². The fraction of sp³-hybridized carbons (Fsp3) is 0.500. The molecule has 18 heavy (non-hydrogen) atoms. The van der Waals surface area contributed by atoms with Gasteiger partial charge in [-0.1, -0.05) is 19.1 Å². The van der Waals surface area contributed by atoms with Crippen molar-refractivity contribution in [2.75, 3.05) is 13.2 Å². The molecule has 0 radical (unpaired) electrons. The van der Waals surface area contributed by atoms with Gasteiger partial charge in [0.15, 0.2) is 0 Å². The molecule has 0 spiro atoms. The number of amides is 1. The van der Waals surface area contributed by atoms with Crippen LogP contribution in [0.1, 0.15) is 32.8 Å². The summed E-state index contributed by atoms with van der Waals surface area (Å²) in [6.45, 7) is 7.16. The van der Waals surface area contributed by atoms with Gasteiger partial charge >= 0.3 is 0 Å². The Hall–Kier alpha value is -1.55. The Kier molecular flexibility index (Phi) is 5.16. The molecule has 4 nitrogen and oxygen atoms in total. The summed E-state index contributed by atoms with van der Waals surface area (Å²) in [7, 11) is 0. The van der Waals surface area contributed by atoms with Crippen molar-refractivity contribution in [3.05, 3.63) is 29.8 Å². The normalized spacial score (nSPS) is 13.9. The molecule has 1 rings (SSSR count). The first-order valence-corrected chi connectivity index (χ1v) is 6.32. The summed E-state index contributed by atoms with van der Waals surface area (Å²) < 4.78 is 5.38. The minimum absolute atomic E-state index is 0.375. The number of nitrogens with two attached hydrogens (primary N) is 1. The molecule has 0 saturated carbocycles. The van der Waals surface area contributed by atoms with Crippen molar-refractivity contribution in [1.29, 1.82) is 0 Å². The van der Waals surface area contributed by atoms with Gasteiger partial charge in [-0.2, -0.15) is 0 Å². The maximum Gasteiger partial charge on any atom is 0.242 e. The van der Waals surface area contributed by atoms with E-state index < -0.39 is 5.54 Å². The van der Waals surface area contributed by atoms with E-state index in [0.717, 1.165) is 24.3 Å². The molecule has 0 saturated heterocycles. The van der Waals surface area contributed by atoms with E-state index in [9.17, 15) is 4.79 Å². The van der Waals surface area contributed by atoms with Gasteiger partial charge in [0.1, 0.15) is 11.3 Å². The molecule has 0 heterocycles. The Labute approximate surface area is 109 Å². The molecule has 0 bridgehead atoms. The zero-order valence-electron chi connectivity index (χ0n) is 11.3. The van der Waals surface area contributed by atoms with Crippen LogP contribution in [-0.4, -0.2) is 19.1 Å². The number of rotatable bonds is 7. The second-order valence-electron chi connectivity index (χ2n) is 4.37. The summed E-state index contributed by atoms with van der Waals surface area (Å²) in [5.74, 6) is 0.420. The van der Waals surface area contributed by atoms with Gasteiger partial charge in [-0.3, -0.25) is 10.1 Å². The quantitative estimate of drug-likeness (QED) is 0.775. The number of ether oxygens (including phenoxy) is 1. The molecular weight excluding hydrogens is 228 g/mol. The van der Waals surface area contributed by atoms with Crippen molar-refractivity contribution in [2.45, 2.75) is 32.7 Å². The second-order valence-corrected chi connectivity index (χ2v) is 4.37. The van der Waals surface area contributed by atoms with Crippen LogP contribution in [-0.2, 0) is 10.3 Å². The van der Waals surface area contributed by atoms with E-state index in [0.29, 0.717) is 6.61 Å². The number of primary amides is 1. The number of carbonyl (C=O) groups excluding carboxylic acids is 1. The molecule has 1 aromatic carbocycles. The third-order valence-corrected chi connectivity index (χ3v) is 2.96. The predicted octanol–water partition coefficient (Wildman–Crippen LogP) is 1.79. The molecule has 3 N–H and O–H groups in total. The van der Waals surface area contributed by atoms with E-state index >= 15 is 0 Å². The van der Waals surface area contributed by atoms with Gasteiger partial charge in [0.25, 0.3) is 0 Å². The van der Waals surface area contributed by atoms with Crippen LogP contribution in [0.3, 0.4) is 0 Å². The van der Waals surface area contributed by atoms with E-state index in [1.165, 1.54) is 0 Å². The van der Waals surface area contributed by atoms with Crippen LogP contribution < -0.4 is 15.8 Å². The zero-order valence-corrected chi connectivity index (χ0v) is 11.3. The third kappa shape index (κ3) is 3.23. The van der Waals surface area contributed by atoms with Crippen LogP contribution in [0.4, 0.5) is 0 Å². The average Bonchev–Trinajstić information content (AvgIpc) is 2.37. The van der Waals surface area contributed by atoms with Crippen LogP contribution in [0.15, 0.2) is 24.3 Å². The van der Waals surface area contributed by atoms with E-state index in [2.05, 4.69) is 5.32 Å². The number of carbonyl (C=O) groups is 1. The summed E-state index contributed by atoms with van der Waals surface area (Å²) in [6, 6.07) is 7.46. The van der Waals surface area contributed by atoms with Gasteiger partial charge in [0.05, 0.1) is 6.61 Å². The highest BCUT2D eigenvalue weighted by atomic mass is 16.5. The smallest absolute Gasteiger partial charge is 0.242 e. The highest BCUT2D eigenvalue weighted by Crippen LogP contribution is 2.23. The lowest BCUT2D eigenvalue weighted by atomic mass is 9.91. The van der Waals surface area contributed by atoms with E-state index in [-0.39, 0.29) is 5.91 Å². The maximum atomic E-state index is 11.7. The average molecular weight is 250 g/mol. The molecule has 100 valence electrons. The number of nitrogens with one attached hydrogen (secondary N) is 1. The lowest BCUT2D eigenvalue weighted by Crippen LogP contribution is -2.50. The minimum Gasteiger partial charge on any atom is -0.494 e. The topological polar surface area (TPSA) is 64.3 Å². The molecule has 1 amide bonds. The molecule has 4 heteroatoms. The van der Waals surface area contributed by atoms with Crippen molar-refractivity contribution in [3.8, 4) is 5.75 Å². The van der Waals surface area contributed by atoms with Gasteiger partial charge in [0, 0.05) is 0 Å². The lowest BCUT2D eigenvalue weighted by Gasteiger charge is -2.28. The molecule has 0 aliphatic carbocycles. The Morgan fingerprint density at radius 2 is 1.94 bits per heavy atom. The van der Waals surface area contributed by atoms with Gasteiger partial charge in [-0.15, -0.1) is 0 Å². The van der Waals surface area contributed by atoms with Gasteiger partial charge in [0.2, 0.25) is 5.91 Å². The Balaban J connectivity index is 2.95. The molecule has 1 aromatic rings. The van der Waals surface area contributed by atoms with Crippen LogP contribution in [0.2, 0.25) is 0 Å². The first kappa shape index (κ1) is 14.5. The number of benzene rings is 1. The zero-order chi connectivity index (χ0) is 13.6. The van der Waals surface area contributed by atoms with E-state index in [4.69, 9.17) is 10.5 Å². The first-order chi connectivity index (χ1) is 8.54. The maximum absolute atomic E-state index is 11.7. The molecule has 0 aromatic heterocycles. The van der Waals surface area contributed by atoms with Crippen LogP contribution in [0.25, 0.3) is 0 Å². The lowest BCUT2D eigenvalue weighted by molar-refractivity contribution is -0.124. The summed E-state index contributed by atoms with van der Waals surface area (Å²) in [5.41, 5.74) is 5.53. The third-order valence-electron chi connectivity index (χ3n) is 2.96. The minimum atomic E-state index is -0.833. The molecule has 0 aliphatic heterocycles. The van der Waals surface area contributed by atoms with Gasteiger partial charge < -0.3 is 10.5 Å². The van der Waals surface area contributed by atoms with Crippen LogP contribution in [0, 0.1) is 0 Å². The summed E-state index contributed by atoms with van der Waals surface area (Å²) in [6.07, 6.45) is 0.944. The fourth-order valence-corrected chi connectivity index (χ4v) is 1.76. The monoisotopic (exact) mass is 250 g/mol. The van der Waals surface area contributed by atoms with Crippen molar-refractivity contribution in [1.82, 2.24) is 5.32 Å². The number of hydrogen-bond donors (Lipinski definition) is 2. The largest absolute Gasteiger partial charge is 0.494 e. The second kappa shape index (κ2) is 6.40. The highest BCUT2D eigenvalue weighted by Gasteiger charge is 2.32. The highest BCUT2D eigenvalue weighted by molar-refractivity contribution is 5.85. The SMILES string of the molecule is CCCNC(C)(C(N)=O)c1ccc(OCC)cc1. The van der Waals surface area contributed by atoms with Crippen molar-refractivity contribution < 1.29 is 9.53 Å². The number of hydrogen-bond acceptors (Lipinski definition) is 3. The van der Waals surface area contributed by atoms with Crippen molar-refractivity contribution in [2.24, 2.45) is 5.73 Å². The van der Waals surface area contributed by atoms with Gasteiger partial charge in [-0.25, -0.2) is 0 Å². The molecule has 1 atom stereocenters. The van der Waals surface area contributed by atoms with Gasteiger partial charge in [-0.05, 0) is 44.5 Å². The predicted molar refractivity (Wildman–Crippen MR) is 72.5 cm³/mol.